The van der Waals surface area contributed by atoms with Crippen LogP contribution in [0.4, 0.5) is 4.39 Å². The predicted molar refractivity (Wildman–Crippen MR) is 104 cm³/mol. The lowest BCUT2D eigenvalue weighted by atomic mass is 9.96. The van der Waals surface area contributed by atoms with Crippen LogP contribution in [0.25, 0.3) is 11.1 Å². The van der Waals surface area contributed by atoms with Gasteiger partial charge < -0.3 is 5.32 Å². The van der Waals surface area contributed by atoms with E-state index in [1.807, 2.05) is 42.5 Å². The van der Waals surface area contributed by atoms with Gasteiger partial charge in [-0.25, -0.2) is 4.39 Å². The molecule has 1 N–H and O–H groups in total. The zero-order valence-corrected chi connectivity index (χ0v) is 15.1. The number of halogens is 2. The monoisotopic (exact) mass is 367 g/mol. The molecule has 1 unspecified atom stereocenters. The van der Waals surface area contributed by atoms with Crippen LogP contribution in [0.2, 0.25) is 5.02 Å². The molecule has 0 spiro atoms. The fourth-order valence-electron chi connectivity index (χ4n) is 2.79. The Morgan fingerprint density at radius 3 is 2.50 bits per heavy atom. The number of hydrogen-bond donors (Lipinski definition) is 1. The molecule has 0 radical (unpaired) electrons. The zero-order chi connectivity index (χ0) is 18.5. The lowest BCUT2D eigenvalue weighted by Crippen LogP contribution is -2.27. The lowest BCUT2D eigenvalue weighted by molar-refractivity contribution is -0.122. The van der Waals surface area contributed by atoms with Gasteiger partial charge in [0.05, 0.1) is 5.92 Å². The van der Waals surface area contributed by atoms with Crippen molar-refractivity contribution < 1.29 is 9.18 Å². The molecule has 0 aliphatic carbocycles. The van der Waals surface area contributed by atoms with E-state index in [1.165, 1.54) is 6.07 Å². The van der Waals surface area contributed by atoms with E-state index in [9.17, 15) is 9.18 Å². The molecule has 3 rings (SSSR count). The van der Waals surface area contributed by atoms with Crippen LogP contribution in [-0.4, -0.2) is 5.91 Å². The Hall–Kier alpha value is -2.65. The number of carbonyl (C=O) groups excluding carboxylic acids is 1. The van der Waals surface area contributed by atoms with Crippen molar-refractivity contribution in [3.05, 3.63) is 94.8 Å². The topological polar surface area (TPSA) is 29.1 Å². The van der Waals surface area contributed by atoms with Crippen LogP contribution in [0.15, 0.2) is 72.8 Å². The van der Waals surface area contributed by atoms with Crippen molar-refractivity contribution in [1.29, 1.82) is 0 Å². The maximum atomic E-state index is 14.5. The fraction of sp³-hybridized carbons (Fsp3) is 0.136. The molecule has 1 amide bonds. The second kappa shape index (κ2) is 8.15. The van der Waals surface area contributed by atoms with Crippen molar-refractivity contribution in [2.75, 3.05) is 0 Å². The average Bonchev–Trinajstić information content (AvgIpc) is 2.66. The Kier molecular flexibility index (Phi) is 5.69. The molecule has 3 aromatic rings. The van der Waals surface area contributed by atoms with E-state index in [4.69, 9.17) is 11.6 Å². The molecule has 132 valence electrons. The van der Waals surface area contributed by atoms with Gasteiger partial charge in [-0.2, -0.15) is 0 Å². The van der Waals surface area contributed by atoms with Gasteiger partial charge in [0.15, 0.2) is 0 Å². The van der Waals surface area contributed by atoms with Crippen molar-refractivity contribution in [3.8, 4) is 11.1 Å². The number of nitrogens with one attached hydrogen (secondary N) is 1. The molecule has 0 aromatic heterocycles. The van der Waals surface area contributed by atoms with E-state index in [2.05, 4.69) is 5.32 Å². The maximum Gasteiger partial charge on any atom is 0.227 e. The van der Waals surface area contributed by atoms with Gasteiger partial charge in [-0.1, -0.05) is 66.2 Å². The van der Waals surface area contributed by atoms with Gasteiger partial charge in [-0.3, -0.25) is 4.79 Å². The highest BCUT2D eigenvalue weighted by Crippen LogP contribution is 2.26. The number of carbonyl (C=O) groups is 1. The largest absolute Gasteiger partial charge is 0.352 e. The second-order valence-electron chi connectivity index (χ2n) is 6.17. The summed E-state index contributed by atoms with van der Waals surface area (Å²) in [7, 11) is 0. The minimum Gasteiger partial charge on any atom is -0.352 e. The molecule has 3 aromatic carbocycles. The summed E-state index contributed by atoms with van der Waals surface area (Å²) in [5.41, 5.74) is 2.91. The molecule has 4 heteroatoms. The molecule has 26 heavy (non-hydrogen) atoms. The molecule has 0 heterocycles. The Morgan fingerprint density at radius 2 is 1.81 bits per heavy atom. The summed E-state index contributed by atoms with van der Waals surface area (Å²) in [6.07, 6.45) is 0. The Labute approximate surface area is 157 Å². The van der Waals surface area contributed by atoms with Gasteiger partial charge in [0.2, 0.25) is 5.91 Å². The van der Waals surface area contributed by atoms with Gasteiger partial charge in [-0.15, -0.1) is 0 Å². The third-order valence-electron chi connectivity index (χ3n) is 4.33. The van der Waals surface area contributed by atoms with Crippen molar-refractivity contribution in [1.82, 2.24) is 5.32 Å². The van der Waals surface area contributed by atoms with E-state index in [0.717, 1.165) is 11.1 Å². The number of benzene rings is 3. The van der Waals surface area contributed by atoms with Crippen LogP contribution < -0.4 is 5.32 Å². The Balaban J connectivity index is 1.70. The Bertz CT molecular complexity index is 911. The normalized spacial score (nSPS) is 11.8. The first-order valence-electron chi connectivity index (χ1n) is 8.41. The summed E-state index contributed by atoms with van der Waals surface area (Å²) in [6.45, 7) is 2.15. The first-order chi connectivity index (χ1) is 12.5. The van der Waals surface area contributed by atoms with Crippen LogP contribution in [0.1, 0.15) is 24.0 Å². The summed E-state index contributed by atoms with van der Waals surface area (Å²) in [4.78, 5) is 12.4. The van der Waals surface area contributed by atoms with E-state index in [1.54, 1.807) is 31.2 Å². The van der Waals surface area contributed by atoms with E-state index < -0.39 is 5.92 Å². The van der Waals surface area contributed by atoms with Crippen LogP contribution in [-0.2, 0) is 11.3 Å². The highest BCUT2D eigenvalue weighted by molar-refractivity contribution is 6.30. The summed E-state index contributed by atoms with van der Waals surface area (Å²) >= 11 is 5.95. The van der Waals surface area contributed by atoms with Crippen molar-refractivity contribution >= 4 is 17.5 Å². The van der Waals surface area contributed by atoms with E-state index in [0.29, 0.717) is 22.7 Å². The molecular weight excluding hydrogens is 349 g/mol. The summed E-state index contributed by atoms with van der Waals surface area (Å²) in [5.74, 6) is -0.937. The molecule has 0 aliphatic rings. The number of hydrogen-bond acceptors (Lipinski definition) is 1. The summed E-state index contributed by atoms with van der Waals surface area (Å²) < 4.78 is 14.5. The first kappa shape index (κ1) is 18.2. The molecule has 0 aliphatic heterocycles. The molecule has 0 saturated heterocycles. The maximum absolute atomic E-state index is 14.5. The van der Waals surface area contributed by atoms with Crippen LogP contribution >= 0.6 is 11.6 Å². The minimum absolute atomic E-state index is 0.156. The molecule has 2 nitrogen and oxygen atoms in total. The quantitative estimate of drug-likeness (QED) is 0.627. The third kappa shape index (κ3) is 4.30. The van der Waals surface area contributed by atoms with Gasteiger partial charge in [0.25, 0.3) is 0 Å². The predicted octanol–water partition coefficient (Wildman–Crippen LogP) is 5.57. The van der Waals surface area contributed by atoms with Crippen molar-refractivity contribution in [3.63, 3.8) is 0 Å². The van der Waals surface area contributed by atoms with Crippen molar-refractivity contribution in [2.24, 2.45) is 0 Å². The van der Waals surface area contributed by atoms with Gasteiger partial charge in [0.1, 0.15) is 5.82 Å². The van der Waals surface area contributed by atoms with Crippen LogP contribution in [0.3, 0.4) is 0 Å². The average molecular weight is 368 g/mol. The fourth-order valence-corrected chi connectivity index (χ4v) is 3.01. The third-order valence-corrected chi connectivity index (χ3v) is 4.56. The second-order valence-corrected chi connectivity index (χ2v) is 6.61. The van der Waals surface area contributed by atoms with Gasteiger partial charge in [0, 0.05) is 17.1 Å². The summed E-state index contributed by atoms with van der Waals surface area (Å²) in [6, 6.07) is 21.6. The molecule has 0 fully saturated rings. The summed E-state index contributed by atoms with van der Waals surface area (Å²) in [5, 5.41) is 3.50. The molecular formula is C22H19ClFNO. The highest BCUT2D eigenvalue weighted by atomic mass is 35.5. The SMILES string of the molecule is CC(C(=O)NCc1cccc(Cl)c1)c1ccc(-c2ccccc2)c(F)c1. The van der Waals surface area contributed by atoms with E-state index in [-0.39, 0.29) is 11.7 Å². The number of rotatable bonds is 5. The first-order valence-corrected chi connectivity index (χ1v) is 8.79. The lowest BCUT2D eigenvalue weighted by Gasteiger charge is -2.14. The molecule has 1 atom stereocenters. The van der Waals surface area contributed by atoms with Crippen LogP contribution in [0, 0.1) is 5.82 Å². The van der Waals surface area contributed by atoms with Gasteiger partial charge in [-0.05, 0) is 41.8 Å². The Morgan fingerprint density at radius 1 is 1.04 bits per heavy atom. The van der Waals surface area contributed by atoms with E-state index >= 15 is 0 Å². The minimum atomic E-state index is -0.450. The molecule has 0 bridgehead atoms. The molecule has 0 saturated carbocycles. The smallest absolute Gasteiger partial charge is 0.227 e. The van der Waals surface area contributed by atoms with Crippen LogP contribution in [0.5, 0.6) is 0 Å². The standard InChI is InChI=1S/C22H19ClFNO/c1-15(22(26)25-14-16-6-5-9-19(23)12-16)18-10-11-20(21(24)13-18)17-7-3-2-4-8-17/h2-13,15H,14H2,1H3,(H,25,26). The van der Waals surface area contributed by atoms with Gasteiger partial charge >= 0.3 is 0 Å². The zero-order valence-electron chi connectivity index (χ0n) is 14.4. The number of amides is 1. The highest BCUT2D eigenvalue weighted by Gasteiger charge is 2.17. The van der Waals surface area contributed by atoms with Crippen molar-refractivity contribution in [2.45, 2.75) is 19.4 Å².